The molecule has 0 atom stereocenters. The third-order valence-electron chi connectivity index (χ3n) is 1.64. The van der Waals surface area contributed by atoms with Crippen LogP contribution in [-0.2, 0) is 6.54 Å². The van der Waals surface area contributed by atoms with Gasteiger partial charge in [0.25, 0.3) is 0 Å². The number of hydrogen-bond acceptors (Lipinski definition) is 5. The van der Waals surface area contributed by atoms with E-state index in [0.29, 0.717) is 5.56 Å². The normalized spacial score (nSPS) is 11.5. The molecule has 0 amide bonds. The van der Waals surface area contributed by atoms with Crippen LogP contribution in [0.2, 0.25) is 0 Å². The van der Waals surface area contributed by atoms with Crippen molar-refractivity contribution in [2.24, 2.45) is 5.73 Å². The molecule has 0 aliphatic carbocycles. The van der Waals surface area contributed by atoms with Crippen molar-refractivity contribution in [3.05, 3.63) is 11.8 Å². The molecule has 0 bridgehead atoms. The monoisotopic (exact) mass is 222 g/mol. The molecule has 1 rings (SSSR count). The maximum atomic E-state index is 11.9. The molecule has 0 radical (unpaired) electrons. The number of anilines is 2. The predicted molar refractivity (Wildman–Crippen MR) is 47.6 cm³/mol. The minimum absolute atomic E-state index is 0.0370. The zero-order valence-corrected chi connectivity index (χ0v) is 7.51. The summed E-state index contributed by atoms with van der Waals surface area (Å²) in [4.78, 5) is 3.37. The number of hydrogen-bond donors (Lipinski definition) is 3. The summed E-state index contributed by atoms with van der Waals surface area (Å²) in [5.41, 5.74) is 15.9. The molecule has 1 heterocycles. The molecule has 0 saturated heterocycles. The highest BCUT2D eigenvalue weighted by atomic mass is 19.4. The Morgan fingerprint density at radius 2 is 1.87 bits per heavy atom. The SMILES string of the molecule is NCc1cnc(OC(F)(F)F)c(N)c1N. The highest BCUT2D eigenvalue weighted by Crippen LogP contribution is 2.31. The first-order valence-corrected chi connectivity index (χ1v) is 3.83. The Bertz CT molecular complexity index is 366. The first-order chi connectivity index (χ1) is 6.85. The molecule has 15 heavy (non-hydrogen) atoms. The van der Waals surface area contributed by atoms with Gasteiger partial charge < -0.3 is 21.9 Å². The van der Waals surface area contributed by atoms with Crippen LogP contribution in [0.25, 0.3) is 0 Å². The summed E-state index contributed by atoms with van der Waals surface area (Å²) in [5, 5.41) is 0. The second kappa shape index (κ2) is 3.81. The molecule has 84 valence electrons. The van der Waals surface area contributed by atoms with Crippen molar-refractivity contribution >= 4 is 11.4 Å². The molecule has 0 fully saturated rings. The average Bonchev–Trinajstić information content (AvgIpc) is 2.11. The molecule has 5 nitrogen and oxygen atoms in total. The van der Waals surface area contributed by atoms with Crippen LogP contribution in [0, 0.1) is 0 Å². The van der Waals surface area contributed by atoms with Crippen molar-refractivity contribution in [1.82, 2.24) is 4.98 Å². The molecule has 0 aliphatic rings. The van der Waals surface area contributed by atoms with E-state index in [-0.39, 0.29) is 17.9 Å². The molecule has 6 N–H and O–H groups in total. The quantitative estimate of drug-likeness (QED) is 0.680. The van der Waals surface area contributed by atoms with Crippen molar-refractivity contribution in [2.45, 2.75) is 12.9 Å². The lowest BCUT2D eigenvalue weighted by molar-refractivity contribution is -0.275. The first-order valence-electron chi connectivity index (χ1n) is 3.83. The van der Waals surface area contributed by atoms with Gasteiger partial charge in [-0.05, 0) is 0 Å². The zero-order chi connectivity index (χ0) is 11.6. The third-order valence-corrected chi connectivity index (χ3v) is 1.64. The highest BCUT2D eigenvalue weighted by Gasteiger charge is 2.33. The Morgan fingerprint density at radius 1 is 1.27 bits per heavy atom. The Morgan fingerprint density at radius 3 is 2.33 bits per heavy atom. The molecular weight excluding hydrogens is 213 g/mol. The number of nitrogen functional groups attached to an aromatic ring is 2. The lowest BCUT2D eigenvalue weighted by Crippen LogP contribution is -2.19. The van der Waals surface area contributed by atoms with E-state index in [9.17, 15) is 13.2 Å². The van der Waals surface area contributed by atoms with Crippen LogP contribution in [0.1, 0.15) is 5.56 Å². The van der Waals surface area contributed by atoms with Gasteiger partial charge in [0.05, 0.1) is 5.69 Å². The minimum Gasteiger partial charge on any atom is -0.397 e. The van der Waals surface area contributed by atoms with Gasteiger partial charge in [0.15, 0.2) is 0 Å². The lowest BCUT2D eigenvalue weighted by Gasteiger charge is -2.12. The Kier molecular flexibility index (Phi) is 2.89. The summed E-state index contributed by atoms with van der Waals surface area (Å²) in [5.74, 6) is -0.766. The molecule has 1 aromatic rings. The standard InChI is InChI=1S/C7H9F3N4O/c8-7(9,10)15-6-5(13)4(12)3(1-11)2-14-6/h2H,1,11,13H2,(H2,12,14). The fourth-order valence-electron chi connectivity index (χ4n) is 0.917. The van der Waals surface area contributed by atoms with E-state index >= 15 is 0 Å². The van der Waals surface area contributed by atoms with Gasteiger partial charge in [-0.25, -0.2) is 4.98 Å². The molecule has 0 aromatic carbocycles. The average molecular weight is 222 g/mol. The molecule has 0 unspecified atom stereocenters. The second-order valence-corrected chi connectivity index (χ2v) is 2.67. The predicted octanol–water partition coefficient (Wildman–Crippen LogP) is 0.603. The van der Waals surface area contributed by atoms with Crippen LogP contribution >= 0.6 is 0 Å². The van der Waals surface area contributed by atoms with E-state index in [4.69, 9.17) is 17.2 Å². The number of alkyl halides is 3. The number of pyridine rings is 1. The number of aromatic nitrogens is 1. The van der Waals surface area contributed by atoms with Crippen LogP contribution in [0.4, 0.5) is 24.5 Å². The minimum atomic E-state index is -4.85. The van der Waals surface area contributed by atoms with E-state index in [1.807, 2.05) is 0 Å². The van der Waals surface area contributed by atoms with Gasteiger partial charge >= 0.3 is 6.36 Å². The van der Waals surface area contributed by atoms with Gasteiger partial charge in [0.2, 0.25) is 5.88 Å². The lowest BCUT2D eigenvalue weighted by atomic mass is 10.2. The highest BCUT2D eigenvalue weighted by molar-refractivity contribution is 5.71. The van der Waals surface area contributed by atoms with E-state index in [0.717, 1.165) is 6.20 Å². The van der Waals surface area contributed by atoms with Crippen LogP contribution in [0.15, 0.2) is 6.20 Å². The summed E-state index contributed by atoms with van der Waals surface area (Å²) >= 11 is 0. The van der Waals surface area contributed by atoms with Crippen molar-refractivity contribution in [2.75, 3.05) is 11.5 Å². The van der Waals surface area contributed by atoms with Crippen molar-refractivity contribution in [3.63, 3.8) is 0 Å². The number of ether oxygens (including phenoxy) is 1. The van der Waals surface area contributed by atoms with Crippen LogP contribution in [0.5, 0.6) is 5.88 Å². The van der Waals surface area contributed by atoms with Crippen LogP contribution in [-0.4, -0.2) is 11.3 Å². The van der Waals surface area contributed by atoms with Crippen LogP contribution in [0.3, 0.4) is 0 Å². The smallest absolute Gasteiger partial charge is 0.397 e. The van der Waals surface area contributed by atoms with Gasteiger partial charge in [-0.2, -0.15) is 0 Å². The van der Waals surface area contributed by atoms with Gasteiger partial charge in [-0.1, -0.05) is 0 Å². The van der Waals surface area contributed by atoms with Crippen molar-refractivity contribution in [3.8, 4) is 5.88 Å². The Hall–Kier alpha value is -1.70. The molecule has 0 spiro atoms. The topological polar surface area (TPSA) is 100 Å². The second-order valence-electron chi connectivity index (χ2n) is 2.67. The van der Waals surface area contributed by atoms with Crippen molar-refractivity contribution in [1.29, 1.82) is 0 Å². The fraction of sp³-hybridized carbons (Fsp3) is 0.286. The van der Waals surface area contributed by atoms with Gasteiger partial charge in [0.1, 0.15) is 5.69 Å². The number of nitrogens with two attached hydrogens (primary N) is 3. The first kappa shape index (κ1) is 11.4. The summed E-state index contributed by atoms with van der Waals surface area (Å²) in [6.45, 7) is 0.0370. The van der Waals surface area contributed by atoms with E-state index < -0.39 is 12.2 Å². The summed E-state index contributed by atoms with van der Waals surface area (Å²) in [7, 11) is 0. The van der Waals surface area contributed by atoms with Gasteiger partial charge in [-0.3, -0.25) is 0 Å². The molecule has 0 saturated carbocycles. The number of rotatable bonds is 2. The summed E-state index contributed by atoms with van der Waals surface area (Å²) in [6.07, 6.45) is -3.76. The molecule has 1 aromatic heterocycles. The van der Waals surface area contributed by atoms with E-state index in [2.05, 4.69) is 9.72 Å². The van der Waals surface area contributed by atoms with Gasteiger partial charge in [-0.15, -0.1) is 13.2 Å². The Balaban J connectivity index is 3.07. The third kappa shape index (κ3) is 2.62. The van der Waals surface area contributed by atoms with Gasteiger partial charge in [0, 0.05) is 18.3 Å². The Labute approximate surface area is 83.0 Å². The largest absolute Gasteiger partial charge is 0.574 e. The van der Waals surface area contributed by atoms with E-state index in [1.54, 1.807) is 0 Å². The number of nitrogens with zero attached hydrogens (tertiary/aromatic N) is 1. The summed E-state index contributed by atoms with van der Waals surface area (Å²) in [6, 6.07) is 0. The maximum absolute atomic E-state index is 11.9. The maximum Gasteiger partial charge on any atom is 0.574 e. The number of halogens is 3. The zero-order valence-electron chi connectivity index (χ0n) is 7.51. The van der Waals surface area contributed by atoms with E-state index in [1.165, 1.54) is 0 Å². The molecular formula is C7H9F3N4O. The fourth-order valence-corrected chi connectivity index (χ4v) is 0.917. The summed E-state index contributed by atoms with van der Waals surface area (Å²) < 4.78 is 39.1. The van der Waals surface area contributed by atoms with Crippen molar-refractivity contribution < 1.29 is 17.9 Å². The molecule has 8 heteroatoms. The molecule has 0 aliphatic heterocycles. The van der Waals surface area contributed by atoms with Crippen LogP contribution < -0.4 is 21.9 Å².